The van der Waals surface area contributed by atoms with E-state index in [1.807, 2.05) is 12.2 Å². The number of hydrogen-bond acceptors (Lipinski definition) is 4. The van der Waals surface area contributed by atoms with Crippen LogP contribution in [0.1, 0.15) is 34.2 Å². The monoisotopic (exact) mass is 308 g/mol. The second kappa shape index (κ2) is 8.74. The quantitative estimate of drug-likeness (QED) is 0.674. The van der Waals surface area contributed by atoms with Crippen molar-refractivity contribution in [1.29, 1.82) is 0 Å². The predicted octanol–water partition coefficient (Wildman–Crippen LogP) is 3.26. The number of rotatable bonds is 10. The molecule has 0 aliphatic rings. The van der Waals surface area contributed by atoms with Gasteiger partial charge in [0.2, 0.25) is 0 Å². The highest BCUT2D eigenvalue weighted by Crippen LogP contribution is 2.22. The van der Waals surface area contributed by atoms with E-state index >= 15 is 0 Å². The summed E-state index contributed by atoms with van der Waals surface area (Å²) in [6.07, 6.45) is 5.18. The van der Waals surface area contributed by atoms with Gasteiger partial charge in [-0.1, -0.05) is 26.0 Å². The Morgan fingerprint density at radius 1 is 1.38 bits per heavy atom. The average molecular weight is 308 g/mol. The topological polar surface area (TPSA) is 53.4 Å². The molecular weight excluding hydrogens is 284 g/mol. The Morgan fingerprint density at radius 2 is 2.00 bits per heavy atom. The molecule has 0 radical (unpaired) electrons. The number of carboxylic acid groups (broad SMARTS) is 1. The van der Waals surface area contributed by atoms with Gasteiger partial charge in [-0.15, -0.1) is 24.5 Å². The molecule has 0 saturated heterocycles. The van der Waals surface area contributed by atoms with Crippen molar-refractivity contribution in [3.63, 3.8) is 0 Å². The third kappa shape index (κ3) is 5.81. The van der Waals surface area contributed by atoms with Crippen molar-refractivity contribution in [2.24, 2.45) is 5.92 Å². The third-order valence-electron chi connectivity index (χ3n) is 2.95. The summed E-state index contributed by atoms with van der Waals surface area (Å²) in [5.74, 6) is -0.473. The van der Waals surface area contributed by atoms with Gasteiger partial charge in [0.25, 0.3) is 0 Å². The van der Waals surface area contributed by atoms with E-state index in [-0.39, 0.29) is 0 Å². The highest BCUT2D eigenvalue weighted by atomic mass is 32.1. The molecule has 1 aromatic heterocycles. The fraction of sp³-hybridized carbons (Fsp3) is 0.500. The first-order valence-electron chi connectivity index (χ1n) is 7.13. The Balaban J connectivity index is 2.76. The lowest BCUT2D eigenvalue weighted by Crippen LogP contribution is -2.26. The van der Waals surface area contributed by atoms with Gasteiger partial charge in [-0.05, 0) is 12.3 Å². The molecule has 0 amide bonds. The zero-order valence-corrected chi connectivity index (χ0v) is 13.7. The molecular formula is C16H24N2O2S. The molecule has 0 fully saturated rings. The van der Waals surface area contributed by atoms with Crippen molar-refractivity contribution in [3.8, 4) is 0 Å². The van der Waals surface area contributed by atoms with E-state index in [1.54, 1.807) is 0 Å². The molecule has 0 saturated carbocycles. The Labute approximate surface area is 130 Å². The number of aromatic carboxylic acids is 1. The normalized spacial score (nSPS) is 11.0. The molecule has 1 aromatic rings. The number of carboxylic acids is 1. The smallest absolute Gasteiger partial charge is 0.347 e. The molecule has 1 heterocycles. The largest absolute Gasteiger partial charge is 0.477 e. The number of thiazole rings is 1. The number of aromatic nitrogens is 1. The first-order chi connectivity index (χ1) is 9.97. The second-order valence-electron chi connectivity index (χ2n) is 5.37. The minimum absolute atomic E-state index is 0.387. The van der Waals surface area contributed by atoms with Gasteiger partial charge in [-0.25, -0.2) is 9.78 Å². The second-order valence-corrected chi connectivity index (χ2v) is 6.46. The van der Waals surface area contributed by atoms with Gasteiger partial charge >= 0.3 is 5.97 Å². The van der Waals surface area contributed by atoms with Crippen molar-refractivity contribution in [2.45, 2.75) is 26.7 Å². The standard InChI is InChI=1S/C16H24N2O2S/c1-5-8-18(9-6-2)10-7-14-17-13(11-12(3)4)15(21-14)16(19)20/h5-6,12H,1-2,7-11H2,3-4H3,(H,19,20). The fourth-order valence-corrected chi connectivity index (χ4v) is 2.99. The Kier molecular flexibility index (Phi) is 7.32. The molecule has 0 aliphatic carbocycles. The van der Waals surface area contributed by atoms with Crippen molar-refractivity contribution >= 4 is 17.3 Å². The van der Waals surface area contributed by atoms with Gasteiger partial charge in [0, 0.05) is 26.1 Å². The van der Waals surface area contributed by atoms with E-state index in [1.165, 1.54) is 11.3 Å². The predicted molar refractivity (Wildman–Crippen MR) is 88.2 cm³/mol. The Morgan fingerprint density at radius 3 is 2.48 bits per heavy atom. The van der Waals surface area contributed by atoms with E-state index < -0.39 is 5.97 Å². The van der Waals surface area contributed by atoms with Crippen LogP contribution in [0, 0.1) is 5.92 Å². The SMILES string of the molecule is C=CCN(CC=C)CCc1nc(CC(C)C)c(C(=O)O)s1. The zero-order valence-electron chi connectivity index (χ0n) is 12.8. The van der Waals surface area contributed by atoms with E-state index in [0.717, 1.165) is 36.8 Å². The Hall–Kier alpha value is -1.46. The third-order valence-corrected chi connectivity index (χ3v) is 4.10. The fourth-order valence-electron chi connectivity index (χ4n) is 2.08. The van der Waals surface area contributed by atoms with Gasteiger partial charge in [-0.3, -0.25) is 4.90 Å². The maximum Gasteiger partial charge on any atom is 0.347 e. The van der Waals surface area contributed by atoms with Crippen LogP contribution >= 0.6 is 11.3 Å². The van der Waals surface area contributed by atoms with Crippen LogP contribution in [0.3, 0.4) is 0 Å². The molecule has 1 N–H and O–H groups in total. The molecule has 0 atom stereocenters. The van der Waals surface area contributed by atoms with Gasteiger partial charge in [-0.2, -0.15) is 0 Å². The summed E-state index contributed by atoms with van der Waals surface area (Å²) in [5, 5.41) is 10.2. The van der Waals surface area contributed by atoms with Crippen LogP contribution in [-0.4, -0.2) is 40.6 Å². The van der Waals surface area contributed by atoms with Gasteiger partial charge in [0.05, 0.1) is 10.7 Å². The highest BCUT2D eigenvalue weighted by molar-refractivity contribution is 7.13. The van der Waals surface area contributed by atoms with Crippen LogP contribution in [0.5, 0.6) is 0 Å². The van der Waals surface area contributed by atoms with Crippen LogP contribution in [-0.2, 0) is 12.8 Å². The lowest BCUT2D eigenvalue weighted by molar-refractivity contribution is 0.0700. The van der Waals surface area contributed by atoms with Gasteiger partial charge in [0.15, 0.2) is 0 Å². The van der Waals surface area contributed by atoms with Crippen molar-refractivity contribution < 1.29 is 9.90 Å². The summed E-state index contributed by atoms with van der Waals surface area (Å²) in [5.41, 5.74) is 0.719. The molecule has 5 heteroatoms. The minimum atomic E-state index is -0.872. The minimum Gasteiger partial charge on any atom is -0.477 e. The number of carbonyl (C=O) groups is 1. The number of hydrogen-bond donors (Lipinski definition) is 1. The first kappa shape index (κ1) is 17.6. The van der Waals surface area contributed by atoms with Crippen LogP contribution in [0.25, 0.3) is 0 Å². The average Bonchev–Trinajstić information content (AvgIpc) is 2.79. The molecule has 0 aliphatic heterocycles. The molecule has 0 unspecified atom stereocenters. The van der Waals surface area contributed by atoms with E-state index in [4.69, 9.17) is 0 Å². The van der Waals surface area contributed by atoms with E-state index in [0.29, 0.717) is 17.2 Å². The van der Waals surface area contributed by atoms with E-state index in [9.17, 15) is 9.90 Å². The van der Waals surface area contributed by atoms with E-state index in [2.05, 4.69) is 36.9 Å². The lowest BCUT2D eigenvalue weighted by Gasteiger charge is -2.17. The van der Waals surface area contributed by atoms with Crippen LogP contribution in [0.15, 0.2) is 25.3 Å². The highest BCUT2D eigenvalue weighted by Gasteiger charge is 2.18. The molecule has 1 rings (SSSR count). The number of nitrogens with zero attached hydrogens (tertiary/aromatic N) is 2. The first-order valence-corrected chi connectivity index (χ1v) is 7.95. The molecule has 116 valence electrons. The summed E-state index contributed by atoms with van der Waals surface area (Å²) in [6.45, 7) is 14.0. The summed E-state index contributed by atoms with van der Waals surface area (Å²) in [4.78, 5) is 18.4. The lowest BCUT2D eigenvalue weighted by atomic mass is 10.1. The summed E-state index contributed by atoms with van der Waals surface area (Å²) in [7, 11) is 0. The van der Waals surface area contributed by atoms with Crippen molar-refractivity contribution in [1.82, 2.24) is 9.88 Å². The van der Waals surface area contributed by atoms with Crippen molar-refractivity contribution in [2.75, 3.05) is 19.6 Å². The molecule has 0 aromatic carbocycles. The molecule has 0 spiro atoms. The molecule has 21 heavy (non-hydrogen) atoms. The van der Waals surface area contributed by atoms with Gasteiger partial charge in [0.1, 0.15) is 4.88 Å². The van der Waals surface area contributed by atoms with Crippen LogP contribution in [0.2, 0.25) is 0 Å². The Bertz CT molecular complexity index is 484. The van der Waals surface area contributed by atoms with Crippen molar-refractivity contribution in [3.05, 3.63) is 40.9 Å². The van der Waals surface area contributed by atoms with Gasteiger partial charge < -0.3 is 5.11 Å². The summed E-state index contributed by atoms with van der Waals surface area (Å²) >= 11 is 1.30. The van der Waals surface area contributed by atoms with Crippen LogP contribution in [0.4, 0.5) is 0 Å². The maximum atomic E-state index is 11.3. The summed E-state index contributed by atoms with van der Waals surface area (Å²) in [6, 6.07) is 0. The van der Waals surface area contributed by atoms with Crippen LogP contribution < -0.4 is 0 Å². The molecule has 4 nitrogen and oxygen atoms in total. The summed E-state index contributed by atoms with van der Waals surface area (Å²) < 4.78 is 0. The molecule has 0 bridgehead atoms. The maximum absolute atomic E-state index is 11.3. The zero-order chi connectivity index (χ0) is 15.8.